The molecule has 0 radical (unpaired) electrons. The number of nitrogens with one attached hydrogen (secondary N) is 1. The van der Waals surface area contributed by atoms with E-state index in [0.29, 0.717) is 24.4 Å². The Morgan fingerprint density at radius 3 is 2.69 bits per heavy atom. The third-order valence-electron chi connectivity index (χ3n) is 3.95. The molecule has 0 aliphatic heterocycles. The first-order valence-electron chi connectivity index (χ1n) is 8.22. The fourth-order valence-corrected chi connectivity index (χ4v) is 2.66. The molecule has 3 aromatic rings. The highest BCUT2D eigenvalue weighted by molar-refractivity contribution is 5.74. The fraction of sp³-hybridized carbons (Fsp3) is 0.263. The van der Waals surface area contributed by atoms with Crippen LogP contribution in [0.1, 0.15) is 18.3 Å². The molecule has 136 valence electrons. The van der Waals surface area contributed by atoms with E-state index in [-0.39, 0.29) is 5.82 Å². The molecule has 1 atom stereocenters. The van der Waals surface area contributed by atoms with Crippen LogP contribution in [0.15, 0.2) is 42.5 Å². The third kappa shape index (κ3) is 4.37. The summed E-state index contributed by atoms with van der Waals surface area (Å²) in [6, 6.07) is 11.8. The van der Waals surface area contributed by atoms with Crippen LogP contribution in [0.25, 0.3) is 11.0 Å². The first-order valence-corrected chi connectivity index (χ1v) is 8.22. The number of imidazole rings is 1. The molecule has 0 fully saturated rings. The maximum absolute atomic E-state index is 13.3. The van der Waals surface area contributed by atoms with Gasteiger partial charge in [-0.3, -0.25) is 4.90 Å². The Hall–Kier alpha value is -2.93. The lowest BCUT2D eigenvalue weighted by Crippen LogP contribution is -2.22. The molecule has 1 aromatic heterocycles. The molecular weight excluding hydrogens is 337 g/mol. The first-order chi connectivity index (χ1) is 12.4. The monoisotopic (exact) mass is 357 g/mol. The summed E-state index contributed by atoms with van der Waals surface area (Å²) in [6.07, 6.45) is -0.888. The molecule has 1 unspecified atom stereocenters. The van der Waals surface area contributed by atoms with Crippen molar-refractivity contribution >= 4 is 17.0 Å². The second-order valence-electron chi connectivity index (χ2n) is 6.26. The molecule has 0 saturated carbocycles. The minimum Gasteiger partial charge on any atom is -0.479 e. The summed E-state index contributed by atoms with van der Waals surface area (Å²) < 4.78 is 18.6. The van der Waals surface area contributed by atoms with Gasteiger partial charge in [0.2, 0.25) is 0 Å². The normalized spacial score (nSPS) is 12.5. The van der Waals surface area contributed by atoms with Crippen LogP contribution >= 0.6 is 0 Å². The molecule has 0 aliphatic rings. The summed E-state index contributed by atoms with van der Waals surface area (Å²) in [6.45, 7) is 2.76. The van der Waals surface area contributed by atoms with E-state index < -0.39 is 12.1 Å². The number of aromatic nitrogens is 2. The lowest BCUT2D eigenvalue weighted by atomic mass is 10.2. The topological polar surface area (TPSA) is 78.5 Å². The Balaban J connectivity index is 1.60. The van der Waals surface area contributed by atoms with Crippen molar-refractivity contribution < 1.29 is 19.0 Å². The molecule has 6 nitrogen and oxygen atoms in total. The summed E-state index contributed by atoms with van der Waals surface area (Å²) in [5.41, 5.74) is 2.48. The number of carboxylic acid groups (broad SMARTS) is 1. The van der Waals surface area contributed by atoms with E-state index in [9.17, 15) is 9.18 Å². The van der Waals surface area contributed by atoms with Gasteiger partial charge in [0.1, 0.15) is 17.4 Å². The number of benzene rings is 2. The van der Waals surface area contributed by atoms with Crippen molar-refractivity contribution in [3.8, 4) is 5.75 Å². The third-order valence-corrected chi connectivity index (χ3v) is 3.95. The highest BCUT2D eigenvalue weighted by Crippen LogP contribution is 2.17. The van der Waals surface area contributed by atoms with Crippen molar-refractivity contribution in [1.82, 2.24) is 14.9 Å². The highest BCUT2D eigenvalue weighted by Gasteiger charge is 2.12. The van der Waals surface area contributed by atoms with Crippen molar-refractivity contribution in [3.63, 3.8) is 0 Å². The van der Waals surface area contributed by atoms with E-state index in [1.807, 2.05) is 19.2 Å². The Labute approximate surface area is 150 Å². The second-order valence-corrected chi connectivity index (χ2v) is 6.26. The van der Waals surface area contributed by atoms with E-state index in [1.54, 1.807) is 18.2 Å². The molecule has 0 bridgehead atoms. The average molecular weight is 357 g/mol. The summed E-state index contributed by atoms with van der Waals surface area (Å²) in [5.74, 6) is -0.00550. The van der Waals surface area contributed by atoms with Crippen LogP contribution in [0.3, 0.4) is 0 Å². The summed E-state index contributed by atoms with van der Waals surface area (Å²) in [5, 5.41) is 8.86. The van der Waals surface area contributed by atoms with Crippen molar-refractivity contribution in [3.05, 3.63) is 59.7 Å². The van der Waals surface area contributed by atoms with Gasteiger partial charge in [0.25, 0.3) is 0 Å². The molecule has 1 heterocycles. The van der Waals surface area contributed by atoms with E-state index in [4.69, 9.17) is 9.84 Å². The van der Waals surface area contributed by atoms with Crippen LogP contribution in [-0.2, 0) is 17.9 Å². The summed E-state index contributed by atoms with van der Waals surface area (Å²) in [7, 11) is 1.96. The lowest BCUT2D eigenvalue weighted by molar-refractivity contribution is -0.144. The number of halogens is 1. The number of H-pyrrole nitrogens is 1. The van der Waals surface area contributed by atoms with Crippen LogP contribution in [0.2, 0.25) is 0 Å². The van der Waals surface area contributed by atoms with Gasteiger partial charge in [0, 0.05) is 6.54 Å². The van der Waals surface area contributed by atoms with E-state index in [1.165, 1.54) is 19.1 Å². The van der Waals surface area contributed by atoms with Crippen molar-refractivity contribution in [2.45, 2.75) is 26.1 Å². The van der Waals surface area contributed by atoms with Gasteiger partial charge in [-0.05, 0) is 49.9 Å². The number of fused-ring (bicyclic) bond motifs is 1. The Morgan fingerprint density at radius 1 is 1.27 bits per heavy atom. The van der Waals surface area contributed by atoms with E-state index in [0.717, 1.165) is 16.9 Å². The number of carbonyl (C=O) groups is 1. The summed E-state index contributed by atoms with van der Waals surface area (Å²) >= 11 is 0. The zero-order chi connectivity index (χ0) is 18.7. The van der Waals surface area contributed by atoms with Crippen molar-refractivity contribution in [1.29, 1.82) is 0 Å². The highest BCUT2D eigenvalue weighted by atomic mass is 19.1. The van der Waals surface area contributed by atoms with Crippen LogP contribution in [-0.4, -0.2) is 39.1 Å². The van der Waals surface area contributed by atoms with Gasteiger partial charge < -0.3 is 14.8 Å². The predicted molar refractivity (Wildman–Crippen MR) is 95.4 cm³/mol. The molecular formula is C19H20FN3O3. The Kier molecular flexibility index (Phi) is 5.18. The zero-order valence-electron chi connectivity index (χ0n) is 14.6. The number of ether oxygens (including phenoxy) is 1. The molecule has 0 amide bonds. The standard InChI is InChI=1S/C19H20FN3O3/c1-12(19(24)25)26-15-6-3-13(4-7-15)10-23(2)11-18-21-16-8-5-14(20)9-17(16)22-18/h3-9,12H,10-11H2,1-2H3,(H,21,22)(H,24,25). The molecule has 7 heteroatoms. The largest absolute Gasteiger partial charge is 0.479 e. The molecule has 0 spiro atoms. The van der Waals surface area contributed by atoms with Crippen LogP contribution in [0, 0.1) is 5.82 Å². The maximum atomic E-state index is 13.3. The number of nitrogens with zero attached hydrogens (tertiary/aromatic N) is 2. The number of rotatable bonds is 7. The van der Waals surface area contributed by atoms with Crippen molar-refractivity contribution in [2.75, 3.05) is 7.05 Å². The van der Waals surface area contributed by atoms with Gasteiger partial charge in [-0.1, -0.05) is 12.1 Å². The number of hydrogen-bond acceptors (Lipinski definition) is 4. The van der Waals surface area contributed by atoms with E-state index >= 15 is 0 Å². The summed E-state index contributed by atoms with van der Waals surface area (Å²) in [4.78, 5) is 20.5. The van der Waals surface area contributed by atoms with Gasteiger partial charge in [-0.25, -0.2) is 14.2 Å². The van der Waals surface area contributed by atoms with Gasteiger partial charge in [-0.15, -0.1) is 0 Å². The maximum Gasteiger partial charge on any atom is 0.344 e. The molecule has 3 rings (SSSR count). The lowest BCUT2D eigenvalue weighted by Gasteiger charge is -2.16. The van der Waals surface area contributed by atoms with E-state index in [2.05, 4.69) is 14.9 Å². The second kappa shape index (κ2) is 7.53. The van der Waals surface area contributed by atoms with Gasteiger partial charge in [0.15, 0.2) is 6.10 Å². The molecule has 26 heavy (non-hydrogen) atoms. The quantitative estimate of drug-likeness (QED) is 0.679. The average Bonchev–Trinajstić information content (AvgIpc) is 2.97. The minimum atomic E-state index is -1.00. The SMILES string of the molecule is CC(Oc1ccc(CN(C)Cc2nc3ccc(F)cc3[nH]2)cc1)C(=O)O. The number of carboxylic acids is 1. The Morgan fingerprint density at radius 2 is 2.00 bits per heavy atom. The van der Waals surface area contributed by atoms with Crippen molar-refractivity contribution in [2.24, 2.45) is 0 Å². The fourth-order valence-electron chi connectivity index (χ4n) is 2.66. The molecule has 0 aliphatic carbocycles. The minimum absolute atomic E-state index is 0.291. The number of aromatic amines is 1. The van der Waals surface area contributed by atoms with Gasteiger partial charge in [0.05, 0.1) is 17.6 Å². The molecule has 0 saturated heterocycles. The van der Waals surface area contributed by atoms with Crippen LogP contribution < -0.4 is 4.74 Å². The Bertz CT molecular complexity index is 908. The van der Waals surface area contributed by atoms with Gasteiger partial charge >= 0.3 is 5.97 Å². The zero-order valence-corrected chi connectivity index (χ0v) is 14.6. The number of aliphatic carboxylic acids is 1. The predicted octanol–water partition coefficient (Wildman–Crippen LogP) is 3.19. The smallest absolute Gasteiger partial charge is 0.344 e. The van der Waals surface area contributed by atoms with Gasteiger partial charge in [-0.2, -0.15) is 0 Å². The van der Waals surface area contributed by atoms with Crippen LogP contribution in [0.4, 0.5) is 4.39 Å². The van der Waals surface area contributed by atoms with Crippen LogP contribution in [0.5, 0.6) is 5.75 Å². The number of hydrogen-bond donors (Lipinski definition) is 2. The molecule has 2 N–H and O–H groups in total. The first kappa shape index (κ1) is 17.9. The molecule has 2 aromatic carbocycles.